The summed E-state index contributed by atoms with van der Waals surface area (Å²) in [7, 11) is 0. The summed E-state index contributed by atoms with van der Waals surface area (Å²) in [6, 6.07) is 18.3. The zero-order chi connectivity index (χ0) is 21.4. The summed E-state index contributed by atoms with van der Waals surface area (Å²) in [5, 5.41) is 9.17. The number of fused-ring (bicyclic) bond motifs is 2. The molecule has 0 aliphatic carbocycles. The lowest BCUT2D eigenvalue weighted by atomic mass is 9.99. The van der Waals surface area contributed by atoms with E-state index < -0.39 is 0 Å². The van der Waals surface area contributed by atoms with Crippen molar-refractivity contribution in [1.82, 2.24) is 14.7 Å². The molecular weight excluding hydrogens is 386 g/mol. The predicted molar refractivity (Wildman–Crippen MR) is 119 cm³/mol. The van der Waals surface area contributed by atoms with Crippen molar-refractivity contribution in [3.05, 3.63) is 82.1 Å². The topological polar surface area (TPSA) is 62.9 Å². The molecule has 0 fully saturated rings. The molecule has 31 heavy (non-hydrogen) atoms. The van der Waals surface area contributed by atoms with Gasteiger partial charge in [0, 0.05) is 38.3 Å². The van der Waals surface area contributed by atoms with Crippen LogP contribution in [-0.4, -0.2) is 52.7 Å². The first-order valence-electron chi connectivity index (χ1n) is 10.8. The standard InChI is InChI=1S/C25H25N5O/c1-18-5-7-19(8-6-18)16-30-24(31)22-17-28(15-21-4-2-3-20(13-21)14-26)11-9-23(22)29-12-10-27-25(29)30/h2-8,13H,9-12,15-17H2,1H3. The molecule has 3 aliphatic rings. The molecule has 6 heteroatoms. The van der Waals surface area contributed by atoms with E-state index in [0.29, 0.717) is 18.7 Å². The second-order valence-corrected chi connectivity index (χ2v) is 8.41. The summed E-state index contributed by atoms with van der Waals surface area (Å²) >= 11 is 0. The molecule has 0 radical (unpaired) electrons. The predicted octanol–water partition coefficient (Wildman–Crippen LogP) is 3.04. The first-order valence-corrected chi connectivity index (χ1v) is 10.8. The molecule has 156 valence electrons. The average Bonchev–Trinajstić information content (AvgIpc) is 3.28. The van der Waals surface area contributed by atoms with E-state index in [0.717, 1.165) is 61.0 Å². The lowest BCUT2D eigenvalue weighted by Crippen LogP contribution is -2.53. The van der Waals surface area contributed by atoms with Crippen LogP contribution in [0.4, 0.5) is 0 Å². The van der Waals surface area contributed by atoms with Gasteiger partial charge in [0.2, 0.25) is 5.96 Å². The van der Waals surface area contributed by atoms with Gasteiger partial charge < -0.3 is 4.90 Å². The van der Waals surface area contributed by atoms with E-state index in [1.807, 2.05) is 29.2 Å². The number of guanidine groups is 1. The highest BCUT2D eigenvalue weighted by Gasteiger charge is 2.40. The number of nitriles is 1. The first-order chi connectivity index (χ1) is 15.1. The summed E-state index contributed by atoms with van der Waals surface area (Å²) < 4.78 is 0. The summed E-state index contributed by atoms with van der Waals surface area (Å²) in [6.45, 7) is 6.43. The van der Waals surface area contributed by atoms with Crippen LogP contribution < -0.4 is 0 Å². The monoisotopic (exact) mass is 411 g/mol. The maximum absolute atomic E-state index is 13.6. The smallest absolute Gasteiger partial charge is 0.259 e. The molecule has 0 bridgehead atoms. The Hall–Kier alpha value is -3.43. The van der Waals surface area contributed by atoms with Crippen LogP contribution in [0.2, 0.25) is 0 Å². The van der Waals surface area contributed by atoms with E-state index in [-0.39, 0.29) is 5.91 Å². The molecule has 0 aromatic heterocycles. The van der Waals surface area contributed by atoms with Crippen molar-refractivity contribution in [2.75, 3.05) is 26.2 Å². The molecule has 6 nitrogen and oxygen atoms in total. The summed E-state index contributed by atoms with van der Waals surface area (Å²) in [6.07, 6.45) is 0.844. The molecule has 1 amide bonds. The lowest BCUT2D eigenvalue weighted by molar-refractivity contribution is -0.125. The minimum atomic E-state index is 0.0722. The number of rotatable bonds is 4. The lowest BCUT2D eigenvalue weighted by Gasteiger charge is -2.42. The number of hydrogen-bond donors (Lipinski definition) is 0. The molecule has 5 rings (SSSR count). The number of carbonyl (C=O) groups is 1. The number of benzene rings is 2. The van der Waals surface area contributed by atoms with Crippen LogP contribution in [0.3, 0.4) is 0 Å². The van der Waals surface area contributed by atoms with E-state index in [1.165, 1.54) is 5.56 Å². The maximum Gasteiger partial charge on any atom is 0.259 e. The molecule has 0 saturated carbocycles. The van der Waals surface area contributed by atoms with Gasteiger partial charge in [0.15, 0.2) is 0 Å². The van der Waals surface area contributed by atoms with E-state index in [1.54, 1.807) is 0 Å². The van der Waals surface area contributed by atoms with Crippen molar-refractivity contribution in [3.8, 4) is 6.07 Å². The van der Waals surface area contributed by atoms with Crippen LogP contribution in [0.1, 0.15) is 28.7 Å². The van der Waals surface area contributed by atoms with Crippen LogP contribution in [0, 0.1) is 18.3 Å². The molecule has 2 aromatic rings. The van der Waals surface area contributed by atoms with Crippen LogP contribution in [-0.2, 0) is 17.9 Å². The van der Waals surface area contributed by atoms with Crippen LogP contribution in [0.15, 0.2) is 64.8 Å². The van der Waals surface area contributed by atoms with Crippen LogP contribution in [0.5, 0.6) is 0 Å². The van der Waals surface area contributed by atoms with Crippen molar-refractivity contribution < 1.29 is 4.79 Å². The van der Waals surface area contributed by atoms with Gasteiger partial charge in [0.25, 0.3) is 5.91 Å². The molecule has 2 aromatic carbocycles. The third kappa shape index (κ3) is 3.73. The fraction of sp³-hybridized carbons (Fsp3) is 0.320. The van der Waals surface area contributed by atoms with E-state index in [2.05, 4.69) is 52.1 Å². The van der Waals surface area contributed by atoms with Gasteiger partial charge in [-0.05, 0) is 30.2 Å². The van der Waals surface area contributed by atoms with Gasteiger partial charge in [-0.1, -0.05) is 42.0 Å². The number of nitrogens with zero attached hydrogens (tertiary/aromatic N) is 5. The first kappa shape index (κ1) is 19.5. The highest BCUT2D eigenvalue weighted by atomic mass is 16.2. The number of aryl methyl sites for hydroxylation is 1. The Kier molecular flexibility index (Phi) is 5.05. The van der Waals surface area contributed by atoms with Crippen molar-refractivity contribution in [2.45, 2.75) is 26.4 Å². The average molecular weight is 412 g/mol. The zero-order valence-corrected chi connectivity index (χ0v) is 17.7. The third-order valence-electron chi connectivity index (χ3n) is 6.21. The number of hydrogen-bond acceptors (Lipinski definition) is 5. The van der Waals surface area contributed by atoms with Crippen molar-refractivity contribution in [3.63, 3.8) is 0 Å². The minimum absolute atomic E-state index is 0.0722. The Morgan fingerprint density at radius 3 is 2.71 bits per heavy atom. The van der Waals surface area contributed by atoms with Gasteiger partial charge in [-0.2, -0.15) is 5.26 Å². The Bertz CT molecular complexity index is 1130. The Labute approximate surface area is 182 Å². The normalized spacial score (nSPS) is 18.6. The van der Waals surface area contributed by atoms with Gasteiger partial charge in [-0.15, -0.1) is 0 Å². The van der Waals surface area contributed by atoms with Gasteiger partial charge in [0.1, 0.15) is 0 Å². The molecule has 0 unspecified atom stereocenters. The van der Waals surface area contributed by atoms with Crippen molar-refractivity contribution in [2.24, 2.45) is 4.99 Å². The van der Waals surface area contributed by atoms with E-state index in [4.69, 9.17) is 0 Å². The Morgan fingerprint density at radius 2 is 1.90 bits per heavy atom. The third-order valence-corrected chi connectivity index (χ3v) is 6.21. The van der Waals surface area contributed by atoms with Crippen LogP contribution in [0.25, 0.3) is 0 Å². The summed E-state index contributed by atoms with van der Waals surface area (Å²) in [5.41, 5.74) is 6.12. The summed E-state index contributed by atoms with van der Waals surface area (Å²) in [4.78, 5) is 24.6. The number of carbonyl (C=O) groups excluding carboxylic acids is 1. The minimum Gasteiger partial charge on any atom is -0.314 e. The van der Waals surface area contributed by atoms with Gasteiger partial charge in [0.05, 0.1) is 30.3 Å². The van der Waals surface area contributed by atoms with E-state index >= 15 is 0 Å². The summed E-state index contributed by atoms with van der Waals surface area (Å²) in [5.74, 6) is 0.877. The molecule has 0 saturated heterocycles. The quantitative estimate of drug-likeness (QED) is 0.776. The highest BCUT2D eigenvalue weighted by Crippen LogP contribution is 2.32. The molecule has 0 spiro atoms. The molecule has 0 N–H and O–H groups in total. The Morgan fingerprint density at radius 1 is 1.06 bits per heavy atom. The number of aliphatic imine (C=N–C) groups is 1. The highest BCUT2D eigenvalue weighted by molar-refractivity contribution is 6.09. The Balaban J connectivity index is 1.39. The largest absolute Gasteiger partial charge is 0.314 e. The van der Waals surface area contributed by atoms with E-state index in [9.17, 15) is 10.1 Å². The van der Waals surface area contributed by atoms with Gasteiger partial charge in [-0.3, -0.25) is 19.6 Å². The van der Waals surface area contributed by atoms with Crippen molar-refractivity contribution in [1.29, 1.82) is 5.26 Å². The van der Waals surface area contributed by atoms with Crippen LogP contribution >= 0.6 is 0 Å². The molecule has 3 heterocycles. The van der Waals surface area contributed by atoms with Gasteiger partial charge >= 0.3 is 0 Å². The number of amides is 1. The molecular formula is C25H25N5O. The fourth-order valence-corrected chi connectivity index (χ4v) is 4.62. The SMILES string of the molecule is Cc1ccc(CN2C(=O)C3=C(CCN(Cc4cccc(C#N)c4)C3)N3CCN=C23)cc1. The second-order valence-electron chi connectivity index (χ2n) is 8.41. The second kappa shape index (κ2) is 8.01. The van der Waals surface area contributed by atoms with Gasteiger partial charge in [-0.25, -0.2) is 0 Å². The zero-order valence-electron chi connectivity index (χ0n) is 17.7. The molecule has 3 aliphatic heterocycles. The van der Waals surface area contributed by atoms with Crippen molar-refractivity contribution >= 4 is 11.9 Å². The maximum atomic E-state index is 13.6. The fourth-order valence-electron chi connectivity index (χ4n) is 4.62. The molecule has 0 atom stereocenters.